The maximum atomic E-state index is 12.1. The number of hydrogen-bond donors (Lipinski definition) is 3. The van der Waals surface area contributed by atoms with E-state index in [0.29, 0.717) is 23.6 Å². The van der Waals surface area contributed by atoms with E-state index in [0.717, 1.165) is 0 Å². The maximum absolute atomic E-state index is 12.1. The number of nitrogens with one attached hydrogen (secondary N) is 2. The monoisotopic (exact) mass is 365 g/mol. The molecule has 0 saturated carbocycles. The summed E-state index contributed by atoms with van der Waals surface area (Å²) < 4.78 is 23.9. The van der Waals surface area contributed by atoms with Crippen molar-refractivity contribution < 1.29 is 18.0 Å². The number of nitrogens with zero attached hydrogens (tertiary/aromatic N) is 2. The standard InChI is InChI=1S/C15H19N5O4S/c1-3-20-13(8-10(2)19-20)15(22)17-9-14(21)18-11-4-6-12(7-5-11)25(16,23)24/h4-8H,3,9H2,1-2H3,(H,17,22)(H,18,21)(H2,16,23,24). The first-order valence-corrected chi connectivity index (χ1v) is 9.00. The fourth-order valence-electron chi connectivity index (χ4n) is 2.15. The number of amides is 2. The lowest BCUT2D eigenvalue weighted by Crippen LogP contribution is -2.34. The Bertz CT molecular complexity index is 887. The molecule has 1 aromatic heterocycles. The highest BCUT2D eigenvalue weighted by Crippen LogP contribution is 2.12. The molecule has 9 nitrogen and oxygen atoms in total. The van der Waals surface area contributed by atoms with Crippen LogP contribution in [-0.4, -0.2) is 36.6 Å². The number of anilines is 1. The van der Waals surface area contributed by atoms with E-state index in [1.807, 2.05) is 6.92 Å². The Hall–Kier alpha value is -2.72. The molecular formula is C15H19N5O4S. The summed E-state index contributed by atoms with van der Waals surface area (Å²) in [6.07, 6.45) is 0. The van der Waals surface area contributed by atoms with Crippen LogP contribution in [-0.2, 0) is 21.4 Å². The van der Waals surface area contributed by atoms with Gasteiger partial charge in [-0.3, -0.25) is 14.3 Å². The molecule has 0 unspecified atom stereocenters. The van der Waals surface area contributed by atoms with Gasteiger partial charge in [-0.25, -0.2) is 13.6 Å². The third-order valence-corrected chi connectivity index (χ3v) is 4.24. The number of rotatable bonds is 6. The minimum atomic E-state index is -3.78. The minimum absolute atomic E-state index is 0.0537. The number of carbonyl (C=O) groups excluding carboxylic acids is 2. The summed E-state index contributed by atoms with van der Waals surface area (Å²) in [5, 5.41) is 14.2. The van der Waals surface area contributed by atoms with E-state index in [9.17, 15) is 18.0 Å². The molecule has 0 spiro atoms. The van der Waals surface area contributed by atoms with E-state index in [2.05, 4.69) is 15.7 Å². The Morgan fingerprint density at radius 3 is 2.44 bits per heavy atom. The Balaban J connectivity index is 1.93. The quantitative estimate of drug-likeness (QED) is 0.673. The van der Waals surface area contributed by atoms with Crippen LogP contribution in [0.2, 0.25) is 0 Å². The lowest BCUT2D eigenvalue weighted by Gasteiger charge is -2.08. The molecule has 2 amide bonds. The van der Waals surface area contributed by atoms with E-state index >= 15 is 0 Å². The summed E-state index contributed by atoms with van der Waals surface area (Å²) in [6, 6.07) is 7.03. The van der Waals surface area contributed by atoms with Gasteiger partial charge in [0.15, 0.2) is 0 Å². The molecule has 10 heteroatoms. The van der Waals surface area contributed by atoms with Crippen molar-refractivity contribution in [3.63, 3.8) is 0 Å². The van der Waals surface area contributed by atoms with Crippen LogP contribution in [0.4, 0.5) is 5.69 Å². The number of benzene rings is 1. The van der Waals surface area contributed by atoms with Crippen molar-refractivity contribution in [2.24, 2.45) is 5.14 Å². The minimum Gasteiger partial charge on any atom is -0.342 e. The smallest absolute Gasteiger partial charge is 0.269 e. The SMILES string of the molecule is CCn1nc(C)cc1C(=O)NCC(=O)Nc1ccc(S(N)(=O)=O)cc1. The summed E-state index contributed by atoms with van der Waals surface area (Å²) in [7, 11) is -3.78. The molecule has 4 N–H and O–H groups in total. The first kappa shape index (κ1) is 18.6. The van der Waals surface area contributed by atoms with Crippen LogP contribution in [0.1, 0.15) is 23.1 Å². The second kappa shape index (κ2) is 7.45. The van der Waals surface area contributed by atoms with Crippen LogP contribution in [0.5, 0.6) is 0 Å². The predicted octanol–water partition coefficient (Wildman–Crippen LogP) is 0.227. The molecule has 0 aliphatic rings. The first-order valence-electron chi connectivity index (χ1n) is 7.46. The number of aryl methyl sites for hydroxylation is 2. The zero-order chi connectivity index (χ0) is 18.6. The molecule has 0 saturated heterocycles. The van der Waals surface area contributed by atoms with Crippen molar-refractivity contribution in [2.75, 3.05) is 11.9 Å². The van der Waals surface area contributed by atoms with Crippen LogP contribution < -0.4 is 15.8 Å². The molecule has 0 atom stereocenters. The van der Waals surface area contributed by atoms with E-state index in [4.69, 9.17) is 5.14 Å². The van der Waals surface area contributed by atoms with E-state index < -0.39 is 21.8 Å². The molecule has 0 aliphatic heterocycles. The van der Waals surface area contributed by atoms with Crippen molar-refractivity contribution in [3.8, 4) is 0 Å². The molecule has 0 fully saturated rings. The van der Waals surface area contributed by atoms with E-state index in [1.54, 1.807) is 17.7 Å². The van der Waals surface area contributed by atoms with Crippen LogP contribution in [0.15, 0.2) is 35.2 Å². The fourth-order valence-corrected chi connectivity index (χ4v) is 2.67. The lowest BCUT2D eigenvalue weighted by molar-refractivity contribution is -0.115. The average molecular weight is 365 g/mol. The molecule has 25 heavy (non-hydrogen) atoms. The van der Waals surface area contributed by atoms with Gasteiger partial charge >= 0.3 is 0 Å². The molecule has 0 radical (unpaired) electrons. The summed E-state index contributed by atoms with van der Waals surface area (Å²) in [5.74, 6) is -0.849. The third-order valence-electron chi connectivity index (χ3n) is 3.31. The maximum Gasteiger partial charge on any atom is 0.269 e. The number of nitrogens with two attached hydrogens (primary N) is 1. The highest BCUT2D eigenvalue weighted by Gasteiger charge is 2.14. The van der Waals surface area contributed by atoms with Crippen molar-refractivity contribution >= 4 is 27.5 Å². The van der Waals surface area contributed by atoms with Gasteiger partial charge in [0, 0.05) is 12.2 Å². The second-order valence-electron chi connectivity index (χ2n) is 5.29. The largest absolute Gasteiger partial charge is 0.342 e. The second-order valence-corrected chi connectivity index (χ2v) is 6.85. The Kier molecular flexibility index (Phi) is 5.55. The summed E-state index contributed by atoms with van der Waals surface area (Å²) in [4.78, 5) is 24.0. The van der Waals surface area contributed by atoms with Crippen molar-refractivity contribution in [1.29, 1.82) is 0 Å². The average Bonchev–Trinajstić information content (AvgIpc) is 2.93. The number of hydrogen-bond acceptors (Lipinski definition) is 5. The number of carbonyl (C=O) groups is 2. The molecular weight excluding hydrogens is 346 g/mol. The van der Waals surface area contributed by atoms with Gasteiger partial charge in [-0.1, -0.05) is 0 Å². The first-order chi connectivity index (χ1) is 11.7. The van der Waals surface area contributed by atoms with E-state index in [1.165, 1.54) is 24.3 Å². The summed E-state index contributed by atoms with van der Waals surface area (Å²) >= 11 is 0. The third kappa shape index (κ3) is 4.88. The van der Waals surface area contributed by atoms with Gasteiger partial charge in [-0.15, -0.1) is 0 Å². The molecule has 0 aliphatic carbocycles. The number of primary sulfonamides is 1. The van der Waals surface area contributed by atoms with Gasteiger partial charge in [-0.05, 0) is 44.2 Å². The molecule has 1 heterocycles. The van der Waals surface area contributed by atoms with Gasteiger partial charge in [0.2, 0.25) is 15.9 Å². The highest BCUT2D eigenvalue weighted by atomic mass is 32.2. The normalized spacial score (nSPS) is 11.2. The highest BCUT2D eigenvalue weighted by molar-refractivity contribution is 7.89. The molecule has 2 rings (SSSR count). The fraction of sp³-hybridized carbons (Fsp3) is 0.267. The van der Waals surface area contributed by atoms with Gasteiger partial charge in [0.1, 0.15) is 5.69 Å². The van der Waals surface area contributed by atoms with Crippen molar-refractivity contribution in [1.82, 2.24) is 15.1 Å². The molecule has 1 aromatic carbocycles. The Morgan fingerprint density at radius 2 is 1.88 bits per heavy atom. The van der Waals surface area contributed by atoms with Gasteiger partial charge in [0.05, 0.1) is 17.1 Å². The Labute approximate surface area is 145 Å². The van der Waals surface area contributed by atoms with Crippen LogP contribution >= 0.6 is 0 Å². The van der Waals surface area contributed by atoms with E-state index in [-0.39, 0.29) is 11.4 Å². The van der Waals surface area contributed by atoms with Crippen molar-refractivity contribution in [2.45, 2.75) is 25.3 Å². The lowest BCUT2D eigenvalue weighted by atomic mass is 10.3. The Morgan fingerprint density at radius 1 is 1.24 bits per heavy atom. The summed E-state index contributed by atoms with van der Waals surface area (Å²) in [5.41, 5.74) is 1.48. The number of sulfonamides is 1. The van der Waals surface area contributed by atoms with Crippen molar-refractivity contribution in [3.05, 3.63) is 41.7 Å². The zero-order valence-electron chi connectivity index (χ0n) is 13.8. The van der Waals surface area contributed by atoms with Gasteiger partial charge < -0.3 is 10.6 Å². The van der Waals surface area contributed by atoms with Crippen LogP contribution in [0.25, 0.3) is 0 Å². The van der Waals surface area contributed by atoms with Crippen LogP contribution in [0.3, 0.4) is 0 Å². The van der Waals surface area contributed by atoms with Gasteiger partial charge in [-0.2, -0.15) is 5.10 Å². The zero-order valence-corrected chi connectivity index (χ0v) is 14.6. The number of aromatic nitrogens is 2. The predicted molar refractivity (Wildman–Crippen MR) is 91.4 cm³/mol. The molecule has 2 aromatic rings. The van der Waals surface area contributed by atoms with Crippen LogP contribution in [0, 0.1) is 6.92 Å². The molecule has 134 valence electrons. The molecule has 0 bridgehead atoms. The van der Waals surface area contributed by atoms with Gasteiger partial charge in [0.25, 0.3) is 5.91 Å². The topological polar surface area (TPSA) is 136 Å². The summed E-state index contributed by atoms with van der Waals surface area (Å²) in [6.45, 7) is 3.95.